The highest BCUT2D eigenvalue weighted by Gasteiger charge is 2.57. The molecule has 0 aromatic rings. The molecule has 1 fully saturated rings. The monoisotopic (exact) mass is 266 g/mol. The molecule has 5 nitrogen and oxygen atoms in total. The van der Waals surface area contributed by atoms with E-state index in [0.29, 0.717) is 19.4 Å². The number of Topliss-reactive ketones (excluding diaryl/α,β-unsaturated/α-hetero) is 1. The number of ether oxygens (including phenoxy) is 1. The lowest BCUT2D eigenvalue weighted by Crippen LogP contribution is -2.40. The molecular weight excluding hydrogens is 244 g/mol. The van der Waals surface area contributed by atoms with Crippen LogP contribution in [0.5, 0.6) is 0 Å². The smallest absolute Gasteiger partial charge is 0.333 e. The van der Waals surface area contributed by atoms with Crippen LogP contribution in [0.1, 0.15) is 32.6 Å². The minimum Gasteiger partial charge on any atom is -0.467 e. The molecule has 1 spiro atoms. The molecule has 0 aromatic carbocycles. The Bertz CT molecular complexity index is 444. The molecule has 2 atom stereocenters. The first kappa shape index (κ1) is 14.2. The van der Waals surface area contributed by atoms with Crippen LogP contribution in [0.3, 0.4) is 0 Å². The summed E-state index contributed by atoms with van der Waals surface area (Å²) in [4.78, 5) is 30.9. The van der Waals surface area contributed by atoms with E-state index >= 15 is 0 Å². The van der Waals surface area contributed by atoms with Crippen LogP contribution < -0.4 is 0 Å². The first-order valence-corrected chi connectivity index (χ1v) is 6.70. The third-order valence-corrected chi connectivity index (χ3v) is 4.21. The summed E-state index contributed by atoms with van der Waals surface area (Å²) in [5.74, 6) is -0.110. The van der Waals surface area contributed by atoms with Crippen LogP contribution in [0, 0.1) is 5.41 Å². The first-order valence-electron chi connectivity index (χ1n) is 6.70. The van der Waals surface area contributed by atoms with E-state index in [1.54, 1.807) is 6.92 Å². The largest absolute Gasteiger partial charge is 0.467 e. The molecule has 1 saturated carbocycles. The van der Waals surface area contributed by atoms with Gasteiger partial charge in [-0.1, -0.05) is 0 Å². The molecule has 0 radical (unpaired) electrons. The summed E-state index contributed by atoms with van der Waals surface area (Å²) in [6.45, 7) is 2.40. The zero-order valence-electron chi connectivity index (χ0n) is 12.2. The van der Waals surface area contributed by atoms with E-state index in [0.717, 1.165) is 18.6 Å². The van der Waals surface area contributed by atoms with Gasteiger partial charge in [0.2, 0.25) is 0 Å². The molecule has 0 saturated heterocycles. The summed E-state index contributed by atoms with van der Waals surface area (Å²) in [6.07, 6.45) is 2.77. The second kappa shape index (κ2) is 4.71. The third-order valence-electron chi connectivity index (χ3n) is 4.21. The van der Waals surface area contributed by atoms with Crippen LogP contribution in [0.2, 0.25) is 0 Å². The Labute approximate surface area is 114 Å². The zero-order chi connectivity index (χ0) is 14.3. The van der Waals surface area contributed by atoms with Gasteiger partial charge in [0.05, 0.1) is 12.5 Å². The van der Waals surface area contributed by atoms with Gasteiger partial charge in [-0.25, -0.2) is 4.79 Å². The van der Waals surface area contributed by atoms with E-state index in [1.807, 2.05) is 19.0 Å². The van der Waals surface area contributed by atoms with Gasteiger partial charge >= 0.3 is 5.97 Å². The average Bonchev–Trinajstić information content (AvgIpc) is 2.82. The number of rotatable bonds is 3. The first-order chi connectivity index (χ1) is 8.84. The fourth-order valence-electron chi connectivity index (χ4n) is 3.38. The van der Waals surface area contributed by atoms with Crippen molar-refractivity contribution in [1.82, 2.24) is 4.90 Å². The standard InChI is InChI=1S/C14H22N2O3/c1-13(12(18)19-4)9-14(7-5-6-11(14)17)10(15-13)8-16(2)3/h5-9H2,1-4H3. The fraction of sp³-hybridized carbons (Fsp3) is 0.786. The van der Waals surface area contributed by atoms with E-state index in [4.69, 9.17) is 4.74 Å². The lowest BCUT2D eigenvalue weighted by atomic mass is 9.74. The molecular formula is C14H22N2O3. The molecule has 1 aliphatic heterocycles. The SMILES string of the molecule is COC(=O)C1(C)CC2(CCCC2=O)C(CN(C)C)=N1. The van der Waals surface area contributed by atoms with Gasteiger partial charge in [-0.3, -0.25) is 9.79 Å². The van der Waals surface area contributed by atoms with E-state index < -0.39 is 11.0 Å². The Morgan fingerprint density at radius 3 is 2.63 bits per heavy atom. The van der Waals surface area contributed by atoms with E-state index in [1.165, 1.54) is 7.11 Å². The predicted octanol–water partition coefficient (Wildman–Crippen LogP) is 1.06. The van der Waals surface area contributed by atoms with Crippen LogP contribution in [0.15, 0.2) is 4.99 Å². The minimum atomic E-state index is -0.903. The highest BCUT2D eigenvalue weighted by Crippen LogP contribution is 2.49. The Morgan fingerprint density at radius 1 is 1.47 bits per heavy atom. The predicted molar refractivity (Wildman–Crippen MR) is 72.3 cm³/mol. The highest BCUT2D eigenvalue weighted by molar-refractivity contribution is 6.14. The lowest BCUT2D eigenvalue weighted by molar-refractivity contribution is -0.146. The molecule has 0 amide bonds. The number of hydrogen-bond donors (Lipinski definition) is 0. The summed E-state index contributed by atoms with van der Waals surface area (Å²) in [5, 5.41) is 0. The molecule has 2 rings (SSSR count). The molecule has 1 aliphatic carbocycles. The van der Waals surface area contributed by atoms with Gasteiger partial charge in [-0.05, 0) is 33.9 Å². The number of hydrogen-bond acceptors (Lipinski definition) is 5. The van der Waals surface area contributed by atoms with Gasteiger partial charge in [-0.15, -0.1) is 0 Å². The summed E-state index contributed by atoms with van der Waals surface area (Å²) < 4.78 is 4.86. The molecule has 19 heavy (non-hydrogen) atoms. The number of aliphatic imine (C=N–C) groups is 1. The van der Waals surface area contributed by atoms with Gasteiger partial charge < -0.3 is 9.64 Å². The quantitative estimate of drug-likeness (QED) is 0.717. The second-order valence-corrected chi connectivity index (χ2v) is 6.10. The van der Waals surface area contributed by atoms with Crippen LogP contribution in [0.25, 0.3) is 0 Å². The average molecular weight is 266 g/mol. The molecule has 2 aliphatic rings. The molecule has 5 heteroatoms. The molecule has 0 bridgehead atoms. The highest BCUT2D eigenvalue weighted by atomic mass is 16.5. The molecule has 1 heterocycles. The summed E-state index contributed by atoms with van der Waals surface area (Å²) in [7, 11) is 5.27. The number of nitrogens with zero attached hydrogens (tertiary/aromatic N) is 2. The maximum Gasteiger partial charge on any atom is 0.333 e. The van der Waals surface area contributed by atoms with E-state index in [9.17, 15) is 9.59 Å². The van der Waals surface area contributed by atoms with Crippen LogP contribution in [-0.2, 0) is 14.3 Å². The molecule has 2 unspecified atom stereocenters. The van der Waals surface area contributed by atoms with E-state index in [-0.39, 0.29) is 11.8 Å². The number of ketones is 1. The Balaban J connectivity index is 2.39. The third kappa shape index (κ3) is 2.20. The fourth-order valence-corrected chi connectivity index (χ4v) is 3.38. The maximum atomic E-state index is 12.3. The normalized spacial score (nSPS) is 34.2. The summed E-state index contributed by atoms with van der Waals surface area (Å²) >= 11 is 0. The number of carbonyl (C=O) groups excluding carboxylic acids is 2. The molecule has 0 aromatic heterocycles. The molecule has 0 N–H and O–H groups in total. The summed E-state index contributed by atoms with van der Waals surface area (Å²) in [5.41, 5.74) is -0.569. The zero-order valence-corrected chi connectivity index (χ0v) is 12.2. The Kier molecular flexibility index (Phi) is 3.51. The van der Waals surface area contributed by atoms with Crippen LogP contribution >= 0.6 is 0 Å². The Morgan fingerprint density at radius 2 is 2.16 bits per heavy atom. The Hall–Kier alpha value is -1.23. The number of methoxy groups -OCH3 is 1. The summed E-state index contributed by atoms with van der Waals surface area (Å²) in [6, 6.07) is 0. The van der Waals surface area contributed by atoms with Gasteiger partial charge in [0.15, 0.2) is 5.54 Å². The van der Waals surface area contributed by atoms with Crippen molar-refractivity contribution in [3.63, 3.8) is 0 Å². The topological polar surface area (TPSA) is 59.0 Å². The lowest BCUT2D eigenvalue weighted by Gasteiger charge is -2.27. The van der Waals surface area contributed by atoms with Crippen molar-refractivity contribution in [3.8, 4) is 0 Å². The van der Waals surface area contributed by atoms with Crippen molar-refractivity contribution in [1.29, 1.82) is 0 Å². The van der Waals surface area contributed by atoms with E-state index in [2.05, 4.69) is 4.99 Å². The maximum absolute atomic E-state index is 12.3. The van der Waals surface area contributed by atoms with Crippen molar-refractivity contribution in [2.45, 2.75) is 38.1 Å². The van der Waals surface area contributed by atoms with Gasteiger partial charge in [0, 0.05) is 25.1 Å². The van der Waals surface area contributed by atoms with Crippen molar-refractivity contribution in [2.75, 3.05) is 27.7 Å². The van der Waals surface area contributed by atoms with Crippen molar-refractivity contribution in [2.24, 2.45) is 10.4 Å². The van der Waals surface area contributed by atoms with Crippen LogP contribution in [0.4, 0.5) is 0 Å². The number of carbonyl (C=O) groups is 2. The van der Waals surface area contributed by atoms with Crippen molar-refractivity contribution < 1.29 is 14.3 Å². The second-order valence-electron chi connectivity index (χ2n) is 6.10. The van der Waals surface area contributed by atoms with Gasteiger partial charge in [0.25, 0.3) is 0 Å². The van der Waals surface area contributed by atoms with Crippen molar-refractivity contribution in [3.05, 3.63) is 0 Å². The van der Waals surface area contributed by atoms with Gasteiger partial charge in [0.1, 0.15) is 5.78 Å². The number of esters is 1. The van der Waals surface area contributed by atoms with Gasteiger partial charge in [-0.2, -0.15) is 0 Å². The van der Waals surface area contributed by atoms with Crippen molar-refractivity contribution >= 4 is 17.5 Å². The minimum absolute atomic E-state index is 0.237. The van der Waals surface area contributed by atoms with Crippen LogP contribution in [-0.4, -0.2) is 55.7 Å². The molecule has 106 valence electrons.